The number of alkyl halides is 3. The van der Waals surface area contributed by atoms with Crippen LogP contribution in [0.2, 0.25) is 0 Å². The molecule has 0 bridgehead atoms. The van der Waals surface area contributed by atoms with Crippen molar-refractivity contribution >= 4 is 15.9 Å². The zero-order chi connectivity index (χ0) is 29.6. The van der Waals surface area contributed by atoms with Crippen LogP contribution in [-0.2, 0) is 30.5 Å². The van der Waals surface area contributed by atoms with Crippen molar-refractivity contribution in [2.75, 3.05) is 33.4 Å². The van der Waals surface area contributed by atoms with E-state index in [1.165, 1.54) is 43.5 Å². The number of carbonyl (C=O) groups is 1. The normalized spacial score (nSPS) is 19.7. The molecule has 1 amide bonds. The van der Waals surface area contributed by atoms with Crippen molar-refractivity contribution < 1.29 is 45.7 Å². The lowest BCUT2D eigenvalue weighted by molar-refractivity contribution is -0.147. The highest BCUT2D eigenvalue weighted by Gasteiger charge is 2.33. The molecule has 41 heavy (non-hydrogen) atoms. The van der Waals surface area contributed by atoms with Crippen molar-refractivity contribution in [3.05, 3.63) is 71.5 Å². The molecule has 1 aliphatic carbocycles. The van der Waals surface area contributed by atoms with Crippen LogP contribution in [0.15, 0.2) is 65.3 Å². The quantitative estimate of drug-likeness (QED) is 0.382. The van der Waals surface area contributed by atoms with Crippen LogP contribution in [0.1, 0.15) is 42.7 Å². The molecule has 1 fully saturated rings. The number of hydrogen-bond donors (Lipinski definition) is 2. The summed E-state index contributed by atoms with van der Waals surface area (Å²) < 4.78 is 83.3. The maximum Gasteiger partial charge on any atom is 0.416 e. The van der Waals surface area contributed by atoms with Crippen LogP contribution in [0.4, 0.5) is 13.2 Å². The standard InChI is InChI=1S/C28H33F3N2O7S/c1-38-23-9-11-24(12-10-23)41(36,37)33(13-15-34)14-16-39-26-18-20(19-5-7-21(8-6-19)28(29,30)31)17-25(40-26)27(35)32-22-3-2-4-22/h5-12,17,20,22,26,34H,2-4,13-16,18H2,1H3,(H,32,35)/t20-,26+/m1/s1. The molecule has 0 spiro atoms. The molecule has 1 heterocycles. The zero-order valence-electron chi connectivity index (χ0n) is 22.5. The van der Waals surface area contributed by atoms with E-state index in [9.17, 15) is 31.5 Å². The van der Waals surface area contributed by atoms with Crippen LogP contribution < -0.4 is 10.1 Å². The number of sulfonamides is 1. The molecular weight excluding hydrogens is 565 g/mol. The predicted molar refractivity (Wildman–Crippen MR) is 142 cm³/mol. The highest BCUT2D eigenvalue weighted by atomic mass is 32.2. The average Bonchev–Trinajstić information content (AvgIpc) is 2.93. The van der Waals surface area contributed by atoms with Crippen LogP contribution >= 0.6 is 0 Å². The summed E-state index contributed by atoms with van der Waals surface area (Å²) in [6.07, 6.45) is -0.964. The van der Waals surface area contributed by atoms with Gasteiger partial charge < -0.3 is 24.6 Å². The van der Waals surface area contributed by atoms with E-state index < -0.39 is 46.5 Å². The number of carbonyl (C=O) groups excluding carboxylic acids is 1. The number of hydrogen-bond acceptors (Lipinski definition) is 7. The van der Waals surface area contributed by atoms with Crippen molar-refractivity contribution in [3.8, 4) is 5.75 Å². The maximum atomic E-state index is 13.2. The Morgan fingerprint density at radius 1 is 1.10 bits per heavy atom. The molecule has 0 unspecified atom stereocenters. The molecule has 4 rings (SSSR count). The highest BCUT2D eigenvalue weighted by molar-refractivity contribution is 7.89. The van der Waals surface area contributed by atoms with Gasteiger partial charge in [0.05, 0.1) is 30.8 Å². The van der Waals surface area contributed by atoms with Gasteiger partial charge in [-0.05, 0) is 67.3 Å². The molecule has 0 saturated heterocycles. The molecule has 2 atom stereocenters. The fourth-order valence-corrected chi connectivity index (χ4v) is 5.94. The molecular formula is C28H33F3N2O7S. The Morgan fingerprint density at radius 2 is 1.78 bits per heavy atom. The molecule has 0 radical (unpaired) electrons. The maximum absolute atomic E-state index is 13.2. The van der Waals surface area contributed by atoms with E-state index in [4.69, 9.17) is 14.2 Å². The van der Waals surface area contributed by atoms with Crippen LogP contribution in [0, 0.1) is 0 Å². The summed E-state index contributed by atoms with van der Waals surface area (Å²) in [7, 11) is -2.50. The number of ether oxygens (including phenoxy) is 3. The van der Waals surface area contributed by atoms with E-state index in [-0.39, 0.29) is 42.8 Å². The molecule has 2 aromatic rings. The number of allylic oxidation sites excluding steroid dienone is 1. The molecule has 9 nitrogen and oxygen atoms in total. The lowest BCUT2D eigenvalue weighted by Gasteiger charge is -2.32. The lowest BCUT2D eigenvalue weighted by atomic mass is 9.91. The summed E-state index contributed by atoms with van der Waals surface area (Å²) in [6, 6.07) is 10.6. The third kappa shape index (κ3) is 7.79. The minimum Gasteiger partial charge on any atom is -0.497 e. The first-order valence-corrected chi connectivity index (χ1v) is 14.7. The van der Waals surface area contributed by atoms with Crippen LogP contribution in [0.5, 0.6) is 5.75 Å². The molecule has 2 aromatic carbocycles. The Bertz CT molecular complexity index is 1310. The zero-order valence-corrected chi connectivity index (χ0v) is 23.3. The molecule has 1 saturated carbocycles. The van der Waals surface area contributed by atoms with Crippen molar-refractivity contribution in [1.82, 2.24) is 9.62 Å². The summed E-state index contributed by atoms with van der Waals surface area (Å²) >= 11 is 0. The number of amides is 1. The predicted octanol–water partition coefficient (Wildman–Crippen LogP) is 3.80. The molecule has 2 aliphatic rings. The third-order valence-corrected chi connectivity index (χ3v) is 8.99. The van der Waals surface area contributed by atoms with E-state index in [0.717, 1.165) is 35.7 Å². The second-order valence-corrected chi connectivity index (χ2v) is 11.8. The van der Waals surface area contributed by atoms with E-state index in [2.05, 4.69) is 5.32 Å². The topological polar surface area (TPSA) is 114 Å². The van der Waals surface area contributed by atoms with Gasteiger partial charge in [-0.1, -0.05) is 12.1 Å². The average molecular weight is 599 g/mol. The van der Waals surface area contributed by atoms with Crippen LogP contribution in [-0.4, -0.2) is 69.5 Å². The minimum absolute atomic E-state index is 0.00360. The molecule has 224 valence electrons. The second kappa shape index (κ2) is 13.2. The second-order valence-electron chi connectivity index (χ2n) is 9.82. The van der Waals surface area contributed by atoms with E-state index in [1.54, 1.807) is 6.08 Å². The number of methoxy groups -OCH3 is 1. The van der Waals surface area contributed by atoms with Gasteiger partial charge in [0.25, 0.3) is 5.91 Å². The van der Waals surface area contributed by atoms with Crippen molar-refractivity contribution in [2.24, 2.45) is 0 Å². The summed E-state index contributed by atoms with van der Waals surface area (Å²) in [5.41, 5.74) is -0.233. The monoisotopic (exact) mass is 598 g/mol. The van der Waals surface area contributed by atoms with Gasteiger partial charge >= 0.3 is 6.18 Å². The number of benzene rings is 2. The lowest BCUT2D eigenvalue weighted by Crippen LogP contribution is -2.42. The van der Waals surface area contributed by atoms with E-state index >= 15 is 0 Å². The summed E-state index contributed by atoms with van der Waals surface area (Å²) in [6.45, 7) is -0.837. The van der Waals surface area contributed by atoms with Gasteiger partial charge in [-0.2, -0.15) is 17.5 Å². The fraction of sp³-hybridized carbons (Fsp3) is 0.464. The number of nitrogens with one attached hydrogen (secondary N) is 1. The van der Waals surface area contributed by atoms with Gasteiger partial charge in [-0.15, -0.1) is 0 Å². The first kappa shape index (κ1) is 30.8. The van der Waals surface area contributed by atoms with Gasteiger partial charge in [0.1, 0.15) is 5.75 Å². The Kier molecular flexibility index (Phi) is 9.95. The van der Waals surface area contributed by atoms with Crippen LogP contribution in [0.25, 0.3) is 0 Å². The van der Waals surface area contributed by atoms with Gasteiger partial charge in [0.2, 0.25) is 16.3 Å². The smallest absolute Gasteiger partial charge is 0.416 e. The van der Waals surface area contributed by atoms with Crippen molar-refractivity contribution in [3.63, 3.8) is 0 Å². The fourth-order valence-electron chi connectivity index (χ4n) is 4.53. The number of rotatable bonds is 12. The van der Waals surface area contributed by atoms with E-state index in [1.807, 2.05) is 0 Å². The van der Waals surface area contributed by atoms with E-state index in [0.29, 0.717) is 11.3 Å². The summed E-state index contributed by atoms with van der Waals surface area (Å²) in [5, 5.41) is 12.4. The van der Waals surface area contributed by atoms with Gasteiger partial charge in [-0.3, -0.25) is 4.79 Å². The number of halogens is 3. The first-order chi connectivity index (χ1) is 19.5. The number of aliphatic hydroxyl groups excluding tert-OH is 1. The largest absolute Gasteiger partial charge is 0.497 e. The highest BCUT2D eigenvalue weighted by Crippen LogP contribution is 2.35. The Balaban J connectivity index is 1.46. The van der Waals surface area contributed by atoms with Gasteiger partial charge in [0.15, 0.2) is 5.76 Å². The Labute approximate surface area is 236 Å². The summed E-state index contributed by atoms with van der Waals surface area (Å²) in [4.78, 5) is 12.9. The van der Waals surface area contributed by atoms with Crippen molar-refractivity contribution in [1.29, 1.82) is 0 Å². The molecule has 2 N–H and O–H groups in total. The number of aliphatic hydroxyl groups is 1. The first-order valence-electron chi connectivity index (χ1n) is 13.2. The van der Waals surface area contributed by atoms with Crippen molar-refractivity contribution in [2.45, 2.75) is 55.0 Å². The van der Waals surface area contributed by atoms with Gasteiger partial charge in [0, 0.05) is 31.5 Å². The minimum atomic E-state index is -4.48. The molecule has 13 heteroatoms. The van der Waals surface area contributed by atoms with Gasteiger partial charge in [-0.25, -0.2) is 8.42 Å². The third-order valence-electron chi connectivity index (χ3n) is 7.08. The molecule has 0 aromatic heterocycles. The SMILES string of the molecule is COc1ccc(S(=O)(=O)N(CCO)CCO[C@@H]2C[C@H](c3ccc(C(F)(F)F)cc3)C=C(C(=O)NC3CCC3)O2)cc1. The summed E-state index contributed by atoms with van der Waals surface area (Å²) in [5.74, 6) is -0.432. The molecule has 1 aliphatic heterocycles. The Morgan fingerprint density at radius 3 is 2.34 bits per heavy atom. The van der Waals surface area contributed by atoms with Crippen LogP contribution in [0.3, 0.4) is 0 Å². The number of nitrogens with zero attached hydrogens (tertiary/aromatic N) is 1. The Hall–Kier alpha value is -3.13.